The van der Waals surface area contributed by atoms with Gasteiger partial charge in [-0.15, -0.1) is 6.42 Å². The largest absolute Gasteiger partial charge is 0.512 e. The van der Waals surface area contributed by atoms with Crippen LogP contribution in [-0.2, 0) is 26.2 Å². The first-order chi connectivity index (χ1) is 15.1. The first kappa shape index (κ1) is 24.6. The Morgan fingerprint density at radius 2 is 1.81 bits per heavy atom. The standard InChI is InChI=1S/C25H29N3O4/c1-8-14-30-24(29)32-16-31-23(22-17(3)18(4)27-28(22)9-2)21(15-26)19-10-12-20(13-11-19)25(5,6)7/h1,10-13H,9,14,16H2,2-7H3/b23-21-. The van der Waals surface area contributed by atoms with Gasteiger partial charge < -0.3 is 14.2 Å². The van der Waals surface area contributed by atoms with Gasteiger partial charge in [-0.2, -0.15) is 10.4 Å². The molecule has 1 aromatic carbocycles. The molecule has 0 N–H and O–H groups in total. The maximum Gasteiger partial charge on any atom is 0.512 e. The summed E-state index contributed by atoms with van der Waals surface area (Å²) in [6, 6.07) is 10.0. The zero-order chi connectivity index (χ0) is 23.9. The zero-order valence-electron chi connectivity index (χ0n) is 19.5. The molecule has 0 spiro atoms. The molecule has 0 fully saturated rings. The highest BCUT2D eigenvalue weighted by molar-refractivity contribution is 5.94. The molecule has 2 rings (SSSR count). The molecule has 1 aromatic heterocycles. The number of carbonyl (C=O) groups excluding carboxylic acids is 1. The molecule has 0 atom stereocenters. The number of terminal acetylenes is 1. The number of nitrogens with zero attached hydrogens (tertiary/aromatic N) is 3. The van der Waals surface area contributed by atoms with Gasteiger partial charge in [0, 0.05) is 12.1 Å². The summed E-state index contributed by atoms with van der Waals surface area (Å²) in [6.07, 6.45) is 4.12. The van der Waals surface area contributed by atoms with Crippen LogP contribution in [0.3, 0.4) is 0 Å². The highest BCUT2D eigenvalue weighted by Crippen LogP contribution is 2.32. The smallest absolute Gasteiger partial charge is 0.454 e. The van der Waals surface area contributed by atoms with Gasteiger partial charge in [-0.1, -0.05) is 51.0 Å². The van der Waals surface area contributed by atoms with E-state index in [0.717, 1.165) is 16.8 Å². The maximum absolute atomic E-state index is 11.6. The lowest BCUT2D eigenvalue weighted by Gasteiger charge is -2.19. The van der Waals surface area contributed by atoms with E-state index in [9.17, 15) is 10.1 Å². The van der Waals surface area contributed by atoms with Crippen molar-refractivity contribution in [3.8, 4) is 18.4 Å². The molecule has 0 saturated heterocycles. The number of aromatic nitrogens is 2. The van der Waals surface area contributed by atoms with Crippen LogP contribution in [0.15, 0.2) is 24.3 Å². The molecule has 0 bridgehead atoms. The predicted molar refractivity (Wildman–Crippen MR) is 122 cm³/mol. The Kier molecular flexibility index (Phi) is 8.09. The molecule has 0 saturated carbocycles. The third-order valence-corrected chi connectivity index (χ3v) is 4.97. The lowest BCUT2D eigenvalue weighted by atomic mass is 9.86. The molecule has 0 radical (unpaired) electrons. The van der Waals surface area contributed by atoms with E-state index in [2.05, 4.69) is 37.9 Å². The molecule has 7 nitrogen and oxygen atoms in total. The highest BCUT2D eigenvalue weighted by atomic mass is 16.8. The maximum atomic E-state index is 11.6. The third kappa shape index (κ3) is 5.70. The van der Waals surface area contributed by atoms with E-state index in [0.29, 0.717) is 23.4 Å². The molecular weight excluding hydrogens is 406 g/mol. The van der Waals surface area contributed by atoms with Gasteiger partial charge in [0.15, 0.2) is 12.4 Å². The number of allylic oxidation sites excluding steroid dienone is 1. The summed E-state index contributed by atoms with van der Waals surface area (Å²) in [7, 11) is 0. The van der Waals surface area contributed by atoms with Crippen LogP contribution in [0.5, 0.6) is 0 Å². The summed E-state index contributed by atoms with van der Waals surface area (Å²) in [4.78, 5) is 11.6. The minimum absolute atomic E-state index is 0.0184. The lowest BCUT2D eigenvalue weighted by Crippen LogP contribution is -2.13. The fraction of sp³-hybridized carbons (Fsp3) is 0.400. The number of aryl methyl sites for hydroxylation is 2. The van der Waals surface area contributed by atoms with Crippen molar-refractivity contribution in [2.24, 2.45) is 0 Å². The summed E-state index contributed by atoms with van der Waals surface area (Å²) in [5.41, 5.74) is 4.46. The summed E-state index contributed by atoms with van der Waals surface area (Å²) < 4.78 is 17.3. The highest BCUT2D eigenvalue weighted by Gasteiger charge is 2.23. The van der Waals surface area contributed by atoms with Crippen LogP contribution >= 0.6 is 0 Å². The second-order valence-electron chi connectivity index (χ2n) is 8.17. The topological polar surface area (TPSA) is 86.4 Å². The minimum atomic E-state index is -0.952. The lowest BCUT2D eigenvalue weighted by molar-refractivity contribution is -0.000876. The number of benzene rings is 1. The quantitative estimate of drug-likeness (QED) is 0.201. The summed E-state index contributed by atoms with van der Waals surface area (Å²) >= 11 is 0. The minimum Gasteiger partial charge on any atom is -0.454 e. The van der Waals surface area contributed by atoms with E-state index >= 15 is 0 Å². The first-order valence-corrected chi connectivity index (χ1v) is 10.3. The predicted octanol–water partition coefficient (Wildman–Crippen LogP) is 4.97. The molecule has 32 heavy (non-hydrogen) atoms. The van der Waals surface area contributed by atoms with Crippen molar-refractivity contribution in [2.75, 3.05) is 13.4 Å². The van der Waals surface area contributed by atoms with Gasteiger partial charge in [-0.25, -0.2) is 4.79 Å². The van der Waals surface area contributed by atoms with Crippen LogP contribution in [0, 0.1) is 37.5 Å². The summed E-state index contributed by atoms with van der Waals surface area (Å²) in [5.74, 6) is 2.46. The normalized spacial score (nSPS) is 11.8. The Labute approximate surface area is 189 Å². The molecule has 0 aliphatic heterocycles. The van der Waals surface area contributed by atoms with Gasteiger partial charge in [0.05, 0.1) is 5.69 Å². The summed E-state index contributed by atoms with van der Waals surface area (Å²) in [6.45, 7) is 12.0. The molecule has 0 amide bonds. The van der Waals surface area contributed by atoms with E-state index in [4.69, 9.17) is 20.6 Å². The molecule has 168 valence electrons. The van der Waals surface area contributed by atoms with Gasteiger partial charge in [0.2, 0.25) is 6.79 Å². The van der Waals surface area contributed by atoms with Gasteiger partial charge in [0.25, 0.3) is 0 Å². The number of hydrogen-bond donors (Lipinski definition) is 0. The first-order valence-electron chi connectivity index (χ1n) is 10.3. The van der Waals surface area contributed by atoms with Gasteiger partial charge in [0.1, 0.15) is 17.3 Å². The van der Waals surface area contributed by atoms with Crippen molar-refractivity contribution in [2.45, 2.75) is 53.5 Å². The van der Waals surface area contributed by atoms with Crippen molar-refractivity contribution in [1.29, 1.82) is 5.26 Å². The average Bonchev–Trinajstić information content (AvgIpc) is 3.04. The van der Waals surface area contributed by atoms with Crippen molar-refractivity contribution in [3.05, 3.63) is 52.3 Å². The van der Waals surface area contributed by atoms with Gasteiger partial charge >= 0.3 is 6.16 Å². The fourth-order valence-electron chi connectivity index (χ4n) is 3.11. The molecule has 1 heterocycles. The second kappa shape index (κ2) is 10.5. The molecule has 0 aliphatic carbocycles. The Balaban J connectivity index is 2.53. The molecule has 0 aliphatic rings. The van der Waals surface area contributed by atoms with Crippen molar-refractivity contribution >= 4 is 17.5 Å². The Bertz CT molecular complexity index is 1070. The van der Waals surface area contributed by atoms with Gasteiger partial charge in [-0.05, 0) is 37.3 Å². The van der Waals surface area contributed by atoms with Crippen molar-refractivity contribution in [1.82, 2.24) is 9.78 Å². The van der Waals surface area contributed by atoms with E-state index in [-0.39, 0.29) is 17.8 Å². The van der Waals surface area contributed by atoms with Crippen LogP contribution in [-0.4, -0.2) is 29.3 Å². The second-order valence-corrected chi connectivity index (χ2v) is 8.17. The van der Waals surface area contributed by atoms with Crippen LogP contribution < -0.4 is 0 Å². The SMILES string of the molecule is C#CCOC(=O)OCO/C(=C(/C#N)c1ccc(C(C)(C)C)cc1)c1c(C)c(C)nn1CC. The Morgan fingerprint density at radius 3 is 2.34 bits per heavy atom. The number of ether oxygens (including phenoxy) is 3. The van der Waals surface area contributed by atoms with Crippen LogP contribution in [0.2, 0.25) is 0 Å². The van der Waals surface area contributed by atoms with Gasteiger partial charge in [-0.3, -0.25) is 4.68 Å². The van der Waals surface area contributed by atoms with Crippen molar-refractivity contribution < 1.29 is 19.0 Å². The van der Waals surface area contributed by atoms with E-state index in [1.165, 1.54) is 0 Å². The van der Waals surface area contributed by atoms with E-state index in [1.54, 1.807) is 4.68 Å². The summed E-state index contributed by atoms with van der Waals surface area (Å²) in [5, 5.41) is 14.6. The van der Waals surface area contributed by atoms with Crippen LogP contribution in [0.25, 0.3) is 11.3 Å². The zero-order valence-corrected chi connectivity index (χ0v) is 19.5. The third-order valence-electron chi connectivity index (χ3n) is 4.97. The van der Waals surface area contributed by atoms with Crippen LogP contribution in [0.4, 0.5) is 4.79 Å². The monoisotopic (exact) mass is 435 g/mol. The van der Waals surface area contributed by atoms with Crippen LogP contribution in [0.1, 0.15) is 55.8 Å². The molecule has 7 heteroatoms. The number of hydrogen-bond acceptors (Lipinski definition) is 6. The Morgan fingerprint density at radius 1 is 1.16 bits per heavy atom. The fourth-order valence-corrected chi connectivity index (χ4v) is 3.11. The number of nitriles is 1. The van der Waals surface area contributed by atoms with E-state index in [1.807, 2.05) is 45.0 Å². The van der Waals surface area contributed by atoms with E-state index < -0.39 is 12.9 Å². The number of rotatable bonds is 7. The van der Waals surface area contributed by atoms with Crippen molar-refractivity contribution in [3.63, 3.8) is 0 Å². The molecular formula is C25H29N3O4. The molecule has 2 aromatic rings. The number of carbonyl (C=O) groups is 1. The average molecular weight is 436 g/mol. The molecule has 0 unspecified atom stereocenters. The Hall–Kier alpha value is -3.71.